The largest absolute Gasteiger partial charge is 0.383 e. The minimum Gasteiger partial charge on any atom is -0.383 e. The third kappa shape index (κ3) is 3.38. The van der Waals surface area contributed by atoms with Crippen LogP contribution in [0.15, 0.2) is 53.5 Å². The number of carbonyl (C=O) groups excluding carboxylic acids is 1. The van der Waals surface area contributed by atoms with Gasteiger partial charge in [0.2, 0.25) is 0 Å². The Morgan fingerprint density at radius 1 is 1.14 bits per heavy atom. The normalized spacial score (nSPS) is 17.0. The van der Waals surface area contributed by atoms with Crippen LogP contribution in [0.1, 0.15) is 28.8 Å². The molecule has 2 aliphatic heterocycles. The molecule has 146 valence electrons. The smallest absolute Gasteiger partial charge is 0.282 e. The van der Waals surface area contributed by atoms with Crippen molar-refractivity contribution in [1.82, 2.24) is 4.90 Å². The molecule has 1 saturated heterocycles. The van der Waals surface area contributed by atoms with Gasteiger partial charge in [-0.25, -0.2) is 4.99 Å². The molecule has 2 aromatic carbocycles. The van der Waals surface area contributed by atoms with Crippen LogP contribution in [0.5, 0.6) is 0 Å². The zero-order chi connectivity index (χ0) is 19.0. The first kappa shape index (κ1) is 19.6. The molecule has 0 bridgehead atoms. The Hall–Kier alpha value is -3.13. The highest BCUT2D eigenvalue weighted by Gasteiger charge is 2.39. The van der Waals surface area contributed by atoms with Crippen LogP contribution >= 0.6 is 12.4 Å². The third-order valence-electron chi connectivity index (χ3n) is 5.11. The lowest BCUT2D eigenvalue weighted by atomic mass is 9.93. The van der Waals surface area contributed by atoms with Gasteiger partial charge in [0.25, 0.3) is 11.6 Å². The van der Waals surface area contributed by atoms with Crippen LogP contribution in [0.2, 0.25) is 0 Å². The van der Waals surface area contributed by atoms with Gasteiger partial charge in [-0.05, 0) is 18.2 Å². The lowest BCUT2D eigenvalue weighted by Crippen LogP contribution is -2.52. The number of rotatable bonds is 2. The van der Waals surface area contributed by atoms with E-state index in [1.54, 1.807) is 17.0 Å². The van der Waals surface area contributed by atoms with Gasteiger partial charge in [0, 0.05) is 43.2 Å². The number of aliphatic imine (C=N–C) groups is 1. The molecule has 0 aromatic heterocycles. The van der Waals surface area contributed by atoms with Gasteiger partial charge in [0.1, 0.15) is 17.1 Å². The fraction of sp³-hybridized carbons (Fsp3) is 0.263. The summed E-state index contributed by atoms with van der Waals surface area (Å²) in [5.41, 5.74) is 7.35. The standard InChI is InChI=1S/C19H19N5O3.ClH/c20-17-13-5-1-3-7-15(13)21-19(22-17)9-11-23(12-10-19)18(25)14-6-2-4-8-16(14)24(26)27;/h1-8,21H,9-12H2,(H2,20,22);1H. The number of fused-ring (bicyclic) bond motifs is 1. The molecule has 1 amide bonds. The second kappa shape index (κ2) is 7.47. The van der Waals surface area contributed by atoms with Crippen molar-refractivity contribution >= 4 is 35.5 Å². The van der Waals surface area contributed by atoms with Crippen molar-refractivity contribution in [2.75, 3.05) is 18.4 Å². The van der Waals surface area contributed by atoms with Gasteiger partial charge in [-0.3, -0.25) is 14.9 Å². The van der Waals surface area contributed by atoms with Crippen LogP contribution < -0.4 is 11.1 Å². The maximum absolute atomic E-state index is 12.8. The van der Waals surface area contributed by atoms with E-state index in [1.165, 1.54) is 12.1 Å². The van der Waals surface area contributed by atoms with E-state index in [-0.39, 0.29) is 29.6 Å². The van der Waals surface area contributed by atoms with Gasteiger partial charge in [-0.2, -0.15) is 0 Å². The van der Waals surface area contributed by atoms with Crippen molar-refractivity contribution in [2.45, 2.75) is 18.5 Å². The molecule has 4 rings (SSSR count). The Labute approximate surface area is 168 Å². The van der Waals surface area contributed by atoms with Crippen LogP contribution in [0, 0.1) is 10.1 Å². The molecule has 2 aliphatic rings. The van der Waals surface area contributed by atoms with Gasteiger partial charge < -0.3 is 16.0 Å². The van der Waals surface area contributed by atoms with E-state index in [0.29, 0.717) is 31.8 Å². The number of likely N-dealkylation sites (tertiary alicyclic amines) is 1. The highest BCUT2D eigenvalue weighted by molar-refractivity contribution is 6.04. The highest BCUT2D eigenvalue weighted by Crippen LogP contribution is 2.34. The fourth-order valence-corrected chi connectivity index (χ4v) is 3.69. The maximum atomic E-state index is 12.8. The lowest BCUT2D eigenvalue weighted by Gasteiger charge is -2.42. The first-order chi connectivity index (χ1) is 13.0. The number of nitrogens with one attached hydrogen (secondary N) is 1. The summed E-state index contributed by atoms with van der Waals surface area (Å²) in [5, 5.41) is 14.7. The number of benzene rings is 2. The van der Waals surface area contributed by atoms with Crippen molar-refractivity contribution in [3.8, 4) is 0 Å². The quantitative estimate of drug-likeness (QED) is 0.593. The summed E-state index contributed by atoms with van der Waals surface area (Å²) >= 11 is 0. The Morgan fingerprint density at radius 3 is 2.50 bits per heavy atom. The second-order valence-electron chi connectivity index (χ2n) is 6.77. The second-order valence-corrected chi connectivity index (χ2v) is 6.77. The SMILES string of the molecule is Cl.NC1=NC2(CCN(C(=O)c3ccccc3[N+](=O)[O-])CC2)Nc2ccccc21. The highest BCUT2D eigenvalue weighted by atomic mass is 35.5. The number of anilines is 1. The maximum Gasteiger partial charge on any atom is 0.282 e. The van der Waals surface area contributed by atoms with Crippen molar-refractivity contribution in [3.05, 3.63) is 69.8 Å². The predicted octanol–water partition coefficient (Wildman–Crippen LogP) is 2.78. The topological polar surface area (TPSA) is 114 Å². The number of amides is 1. The van der Waals surface area contributed by atoms with Gasteiger partial charge in [-0.1, -0.05) is 24.3 Å². The number of nitro groups is 1. The van der Waals surface area contributed by atoms with E-state index >= 15 is 0 Å². The van der Waals surface area contributed by atoms with Crippen LogP contribution in [-0.2, 0) is 0 Å². The number of piperidine rings is 1. The number of nitrogens with two attached hydrogens (primary N) is 1. The number of carbonyl (C=O) groups is 1. The summed E-state index contributed by atoms with van der Waals surface area (Å²) in [4.78, 5) is 29.8. The van der Waals surface area contributed by atoms with E-state index in [9.17, 15) is 14.9 Å². The number of amidine groups is 1. The Morgan fingerprint density at radius 2 is 1.79 bits per heavy atom. The molecule has 0 radical (unpaired) electrons. The first-order valence-electron chi connectivity index (χ1n) is 8.75. The Balaban J connectivity index is 0.00000225. The number of nitro benzene ring substituents is 1. The first-order valence-corrected chi connectivity index (χ1v) is 8.75. The molecule has 2 aromatic rings. The molecule has 0 saturated carbocycles. The molecule has 8 nitrogen and oxygen atoms in total. The van der Waals surface area contributed by atoms with Gasteiger partial charge in [0.05, 0.1) is 4.92 Å². The van der Waals surface area contributed by atoms with Gasteiger partial charge >= 0.3 is 0 Å². The average molecular weight is 402 g/mol. The molecule has 0 atom stereocenters. The summed E-state index contributed by atoms with van der Waals surface area (Å²) in [7, 11) is 0. The molecule has 3 N–H and O–H groups in total. The molecule has 9 heteroatoms. The van der Waals surface area contributed by atoms with E-state index in [4.69, 9.17) is 5.73 Å². The zero-order valence-electron chi connectivity index (χ0n) is 15.0. The van der Waals surface area contributed by atoms with E-state index in [0.717, 1.165) is 11.3 Å². The number of hydrogen-bond acceptors (Lipinski definition) is 6. The summed E-state index contributed by atoms with van der Waals surface area (Å²) in [6.07, 6.45) is 1.16. The molecule has 1 spiro atoms. The molecular formula is C19H20ClN5O3. The number of halogens is 1. The van der Waals surface area contributed by atoms with Crippen molar-refractivity contribution in [2.24, 2.45) is 10.7 Å². The summed E-state index contributed by atoms with van der Waals surface area (Å²) < 4.78 is 0. The fourth-order valence-electron chi connectivity index (χ4n) is 3.69. The van der Waals surface area contributed by atoms with Crippen molar-refractivity contribution in [3.63, 3.8) is 0 Å². The average Bonchev–Trinajstić information content (AvgIpc) is 2.68. The van der Waals surface area contributed by atoms with Gasteiger partial charge in [-0.15, -0.1) is 12.4 Å². The van der Waals surface area contributed by atoms with Crippen LogP contribution in [-0.4, -0.2) is 40.3 Å². The number of hydrogen-bond donors (Lipinski definition) is 2. The molecule has 1 fully saturated rings. The third-order valence-corrected chi connectivity index (χ3v) is 5.11. The molecular weight excluding hydrogens is 382 g/mol. The lowest BCUT2D eigenvalue weighted by molar-refractivity contribution is -0.385. The molecule has 0 unspecified atom stereocenters. The van der Waals surface area contributed by atoms with E-state index in [2.05, 4.69) is 10.3 Å². The number of nitrogens with zero attached hydrogens (tertiary/aromatic N) is 3. The predicted molar refractivity (Wildman–Crippen MR) is 109 cm³/mol. The van der Waals surface area contributed by atoms with Crippen molar-refractivity contribution in [1.29, 1.82) is 0 Å². The van der Waals surface area contributed by atoms with E-state index in [1.807, 2.05) is 24.3 Å². The van der Waals surface area contributed by atoms with Crippen LogP contribution in [0.4, 0.5) is 11.4 Å². The molecule has 0 aliphatic carbocycles. The Bertz CT molecular complexity index is 954. The number of para-hydroxylation sites is 2. The monoisotopic (exact) mass is 401 g/mol. The summed E-state index contributed by atoms with van der Waals surface area (Å²) in [5.74, 6) is 0.160. The van der Waals surface area contributed by atoms with E-state index < -0.39 is 10.6 Å². The molecule has 2 heterocycles. The zero-order valence-corrected chi connectivity index (χ0v) is 15.8. The Kier molecular flexibility index (Phi) is 5.24. The minimum atomic E-state index is -0.544. The van der Waals surface area contributed by atoms with Gasteiger partial charge in [0.15, 0.2) is 0 Å². The summed E-state index contributed by atoms with van der Waals surface area (Å²) in [6.45, 7) is 0.883. The van der Waals surface area contributed by atoms with Crippen LogP contribution in [0.25, 0.3) is 0 Å². The molecule has 28 heavy (non-hydrogen) atoms. The van der Waals surface area contributed by atoms with Crippen molar-refractivity contribution < 1.29 is 9.72 Å². The summed E-state index contributed by atoms with van der Waals surface area (Å²) in [6, 6.07) is 13.8. The van der Waals surface area contributed by atoms with Crippen LogP contribution in [0.3, 0.4) is 0 Å². The minimum absolute atomic E-state index is 0.